The first kappa shape index (κ1) is 22.2. The highest BCUT2D eigenvalue weighted by Crippen LogP contribution is 2.33. The molecule has 1 aliphatic rings. The van der Waals surface area contributed by atoms with Crippen LogP contribution in [0.5, 0.6) is 11.5 Å². The van der Waals surface area contributed by atoms with Crippen molar-refractivity contribution in [2.75, 3.05) is 19.8 Å². The predicted octanol–water partition coefficient (Wildman–Crippen LogP) is 3.86. The maximum absolute atomic E-state index is 11.4. The van der Waals surface area contributed by atoms with E-state index < -0.39 is 18.5 Å². The normalized spacial score (nSPS) is 17.1. The zero-order valence-electron chi connectivity index (χ0n) is 17.0. The van der Waals surface area contributed by atoms with Gasteiger partial charge in [-0.15, -0.1) is 0 Å². The van der Waals surface area contributed by atoms with Gasteiger partial charge in [-0.05, 0) is 55.7 Å². The van der Waals surface area contributed by atoms with Gasteiger partial charge in [0.15, 0.2) is 18.1 Å². The van der Waals surface area contributed by atoms with Gasteiger partial charge in [0.25, 0.3) is 6.29 Å². The second-order valence-electron chi connectivity index (χ2n) is 7.02. The monoisotopic (exact) mass is 435 g/mol. The molecule has 0 radical (unpaired) electrons. The molecule has 2 aromatic carbocycles. The van der Waals surface area contributed by atoms with E-state index in [2.05, 4.69) is 5.32 Å². The fourth-order valence-electron chi connectivity index (χ4n) is 3.11. The summed E-state index contributed by atoms with van der Waals surface area (Å²) >= 11 is 5.98. The molecule has 0 bridgehead atoms. The van der Waals surface area contributed by atoms with E-state index in [1.165, 1.54) is 0 Å². The number of aliphatic hydroxyl groups is 1. The van der Waals surface area contributed by atoms with E-state index >= 15 is 0 Å². The van der Waals surface area contributed by atoms with E-state index in [1.54, 1.807) is 25.1 Å². The molecule has 7 nitrogen and oxygen atoms in total. The predicted molar refractivity (Wildman–Crippen MR) is 112 cm³/mol. The molecule has 3 rings (SSSR count). The van der Waals surface area contributed by atoms with Gasteiger partial charge in [0.2, 0.25) is 0 Å². The SMILES string of the molecule is CCOC(=O)OC1COc2cc(C[C@H](C)NCC(O)c3cccc(Cl)c3)ccc2O1. The van der Waals surface area contributed by atoms with Crippen molar-refractivity contribution >= 4 is 17.8 Å². The Morgan fingerprint density at radius 2 is 2.13 bits per heavy atom. The lowest BCUT2D eigenvalue weighted by Crippen LogP contribution is -2.34. The minimum Gasteiger partial charge on any atom is -0.482 e. The molecule has 1 heterocycles. The Morgan fingerprint density at radius 1 is 1.30 bits per heavy atom. The Balaban J connectivity index is 1.50. The molecule has 2 N–H and O–H groups in total. The minimum absolute atomic E-state index is 0.0922. The number of ether oxygens (including phenoxy) is 4. The van der Waals surface area contributed by atoms with E-state index in [0.717, 1.165) is 17.5 Å². The van der Waals surface area contributed by atoms with E-state index in [-0.39, 0.29) is 19.3 Å². The number of aliphatic hydroxyl groups excluding tert-OH is 1. The third-order valence-corrected chi connectivity index (χ3v) is 4.80. The lowest BCUT2D eigenvalue weighted by molar-refractivity contribution is -0.0962. The van der Waals surface area contributed by atoms with Crippen molar-refractivity contribution in [3.8, 4) is 11.5 Å². The highest BCUT2D eigenvalue weighted by Gasteiger charge is 2.25. The third kappa shape index (κ3) is 6.26. The molecule has 0 aromatic heterocycles. The zero-order chi connectivity index (χ0) is 21.5. The molecule has 0 saturated carbocycles. The fourth-order valence-corrected chi connectivity index (χ4v) is 3.31. The molecule has 0 fully saturated rings. The Labute approximate surface area is 180 Å². The van der Waals surface area contributed by atoms with Crippen LogP contribution < -0.4 is 14.8 Å². The van der Waals surface area contributed by atoms with Gasteiger partial charge in [0, 0.05) is 17.6 Å². The first-order valence-electron chi connectivity index (χ1n) is 9.87. The first-order valence-corrected chi connectivity index (χ1v) is 10.2. The third-order valence-electron chi connectivity index (χ3n) is 4.57. The number of carbonyl (C=O) groups excluding carboxylic acids is 1. The molecule has 0 spiro atoms. The van der Waals surface area contributed by atoms with Crippen molar-refractivity contribution in [1.82, 2.24) is 5.32 Å². The quantitative estimate of drug-likeness (QED) is 0.609. The fraction of sp³-hybridized carbons (Fsp3) is 0.409. The molecule has 8 heteroatoms. The Bertz CT molecular complexity index is 861. The number of nitrogens with one attached hydrogen (secondary N) is 1. The van der Waals surface area contributed by atoms with Crippen LogP contribution in [0.15, 0.2) is 42.5 Å². The summed E-state index contributed by atoms with van der Waals surface area (Å²) in [4.78, 5) is 11.4. The summed E-state index contributed by atoms with van der Waals surface area (Å²) in [5.74, 6) is 1.11. The number of rotatable bonds is 8. The van der Waals surface area contributed by atoms with E-state index in [0.29, 0.717) is 23.1 Å². The van der Waals surface area contributed by atoms with E-state index in [1.807, 2.05) is 31.2 Å². The summed E-state index contributed by atoms with van der Waals surface area (Å²) in [6, 6.07) is 13.0. The highest BCUT2D eigenvalue weighted by molar-refractivity contribution is 6.30. The number of halogens is 1. The minimum atomic E-state index is -0.837. The van der Waals surface area contributed by atoms with Crippen LogP contribution in [-0.2, 0) is 15.9 Å². The van der Waals surface area contributed by atoms with Gasteiger partial charge in [-0.1, -0.05) is 29.8 Å². The smallest absolute Gasteiger partial charge is 0.482 e. The molecule has 0 aliphatic carbocycles. The maximum Gasteiger partial charge on any atom is 0.511 e. The van der Waals surface area contributed by atoms with Gasteiger partial charge in [-0.25, -0.2) is 4.79 Å². The summed E-state index contributed by atoms with van der Waals surface area (Å²) in [5, 5.41) is 14.3. The van der Waals surface area contributed by atoms with Crippen LogP contribution in [-0.4, -0.2) is 43.4 Å². The summed E-state index contributed by atoms with van der Waals surface area (Å²) in [7, 11) is 0. The molecule has 0 saturated heterocycles. The van der Waals surface area contributed by atoms with Gasteiger partial charge < -0.3 is 29.4 Å². The van der Waals surface area contributed by atoms with Gasteiger partial charge in [-0.3, -0.25) is 0 Å². The molecule has 3 atom stereocenters. The first-order chi connectivity index (χ1) is 14.4. The summed E-state index contributed by atoms with van der Waals surface area (Å²) in [6.07, 6.45) is -1.52. The lowest BCUT2D eigenvalue weighted by atomic mass is 10.1. The van der Waals surface area contributed by atoms with Crippen molar-refractivity contribution in [2.24, 2.45) is 0 Å². The zero-order valence-corrected chi connectivity index (χ0v) is 17.7. The van der Waals surface area contributed by atoms with E-state index in [4.69, 9.17) is 30.5 Å². The lowest BCUT2D eigenvalue weighted by Gasteiger charge is -2.26. The summed E-state index contributed by atoms with van der Waals surface area (Å²) < 4.78 is 21.1. The number of fused-ring (bicyclic) bond motifs is 1. The number of benzene rings is 2. The summed E-state index contributed by atoms with van der Waals surface area (Å²) in [6.45, 7) is 4.48. The molecule has 2 unspecified atom stereocenters. The average Bonchev–Trinajstić information content (AvgIpc) is 2.72. The van der Waals surface area contributed by atoms with Crippen molar-refractivity contribution < 1.29 is 28.8 Å². The Hall–Kier alpha value is -2.48. The van der Waals surface area contributed by atoms with Gasteiger partial charge in [-0.2, -0.15) is 0 Å². The largest absolute Gasteiger partial charge is 0.511 e. The molecular weight excluding hydrogens is 410 g/mol. The second kappa shape index (κ2) is 10.5. The van der Waals surface area contributed by atoms with Gasteiger partial charge >= 0.3 is 6.16 Å². The molecule has 30 heavy (non-hydrogen) atoms. The number of carbonyl (C=O) groups is 1. The molecule has 2 aromatic rings. The second-order valence-corrected chi connectivity index (χ2v) is 7.46. The van der Waals surface area contributed by atoms with Crippen molar-refractivity contribution in [3.63, 3.8) is 0 Å². The van der Waals surface area contributed by atoms with Gasteiger partial charge in [0.05, 0.1) is 12.7 Å². The van der Waals surface area contributed by atoms with Crippen LogP contribution in [0.25, 0.3) is 0 Å². The van der Waals surface area contributed by atoms with Crippen LogP contribution in [0.4, 0.5) is 4.79 Å². The Morgan fingerprint density at radius 3 is 2.90 bits per heavy atom. The van der Waals surface area contributed by atoms with Crippen LogP contribution in [0.3, 0.4) is 0 Å². The average molecular weight is 436 g/mol. The summed E-state index contributed by atoms with van der Waals surface area (Å²) in [5.41, 5.74) is 1.83. The molecular formula is C22H26ClNO6. The van der Waals surface area contributed by atoms with Crippen LogP contribution in [0.1, 0.15) is 31.1 Å². The highest BCUT2D eigenvalue weighted by atomic mass is 35.5. The van der Waals surface area contributed by atoms with Crippen molar-refractivity contribution in [3.05, 3.63) is 58.6 Å². The van der Waals surface area contributed by atoms with E-state index in [9.17, 15) is 9.90 Å². The standard InChI is InChI=1S/C22H26ClNO6/c1-3-27-22(26)30-21-13-28-20-10-15(7-8-19(20)29-21)9-14(2)24-12-18(25)16-5-4-6-17(23)11-16/h4-8,10-11,14,18,21,24-25H,3,9,12-13H2,1-2H3/t14-,18?,21?/m0/s1. The molecule has 0 amide bonds. The van der Waals surface area contributed by atoms with Crippen LogP contribution in [0.2, 0.25) is 5.02 Å². The molecule has 162 valence electrons. The molecule has 1 aliphatic heterocycles. The topological polar surface area (TPSA) is 86.3 Å². The van der Waals surface area contributed by atoms with Crippen molar-refractivity contribution in [1.29, 1.82) is 0 Å². The van der Waals surface area contributed by atoms with Crippen molar-refractivity contribution in [2.45, 2.75) is 38.7 Å². The number of hydrogen-bond acceptors (Lipinski definition) is 7. The van der Waals surface area contributed by atoms with Crippen LogP contribution in [0, 0.1) is 0 Å². The Kier molecular flexibility index (Phi) is 7.79. The van der Waals surface area contributed by atoms with Crippen LogP contribution >= 0.6 is 11.6 Å². The van der Waals surface area contributed by atoms with Gasteiger partial charge in [0.1, 0.15) is 0 Å². The number of hydrogen-bond donors (Lipinski definition) is 2. The maximum atomic E-state index is 11.4.